The standard InChI is InChI=1S/C13H23NO/c1-4-6-12(5-2)13(14-3)15-10-9-11-7-8-11/h6,11H,4-5,7-10H2,1-3H3/b12-6-,14-13?. The maximum Gasteiger partial charge on any atom is 0.211 e. The van der Waals surface area contributed by atoms with Crippen molar-refractivity contribution in [3.05, 3.63) is 11.6 Å². The zero-order valence-electron chi connectivity index (χ0n) is 10.3. The van der Waals surface area contributed by atoms with Crippen molar-refractivity contribution < 1.29 is 4.74 Å². The van der Waals surface area contributed by atoms with E-state index in [-0.39, 0.29) is 0 Å². The van der Waals surface area contributed by atoms with Gasteiger partial charge in [-0.05, 0) is 25.2 Å². The van der Waals surface area contributed by atoms with E-state index >= 15 is 0 Å². The van der Waals surface area contributed by atoms with Gasteiger partial charge in [0, 0.05) is 12.6 Å². The molecule has 0 heterocycles. The predicted molar refractivity (Wildman–Crippen MR) is 65.3 cm³/mol. The zero-order chi connectivity index (χ0) is 11.1. The zero-order valence-corrected chi connectivity index (χ0v) is 10.3. The van der Waals surface area contributed by atoms with Gasteiger partial charge in [-0.3, -0.25) is 4.99 Å². The average Bonchev–Trinajstić information content (AvgIpc) is 3.06. The minimum atomic E-state index is 0.832. The molecular weight excluding hydrogens is 186 g/mol. The Bertz CT molecular complexity index is 239. The molecule has 15 heavy (non-hydrogen) atoms. The number of rotatable bonds is 6. The highest BCUT2D eigenvalue weighted by molar-refractivity contribution is 5.93. The normalized spacial score (nSPS) is 18.1. The fraction of sp³-hybridized carbons (Fsp3) is 0.769. The molecule has 0 saturated heterocycles. The van der Waals surface area contributed by atoms with Gasteiger partial charge >= 0.3 is 0 Å². The van der Waals surface area contributed by atoms with Crippen LogP contribution in [-0.2, 0) is 4.74 Å². The second kappa shape index (κ2) is 6.65. The molecule has 0 aromatic rings. The maximum absolute atomic E-state index is 5.73. The molecule has 2 nitrogen and oxygen atoms in total. The van der Waals surface area contributed by atoms with Gasteiger partial charge in [0.05, 0.1) is 6.61 Å². The van der Waals surface area contributed by atoms with Gasteiger partial charge in [0.15, 0.2) is 0 Å². The van der Waals surface area contributed by atoms with Crippen LogP contribution in [0, 0.1) is 5.92 Å². The summed E-state index contributed by atoms with van der Waals surface area (Å²) < 4.78 is 5.73. The van der Waals surface area contributed by atoms with Crippen molar-refractivity contribution in [2.75, 3.05) is 13.7 Å². The van der Waals surface area contributed by atoms with E-state index < -0.39 is 0 Å². The van der Waals surface area contributed by atoms with Gasteiger partial charge in [-0.2, -0.15) is 0 Å². The molecule has 1 aliphatic carbocycles. The van der Waals surface area contributed by atoms with Crippen LogP contribution in [0.25, 0.3) is 0 Å². The highest BCUT2D eigenvalue weighted by atomic mass is 16.5. The lowest BCUT2D eigenvalue weighted by atomic mass is 10.1. The molecule has 1 fully saturated rings. The van der Waals surface area contributed by atoms with Crippen LogP contribution in [0.2, 0.25) is 0 Å². The Morgan fingerprint density at radius 3 is 2.60 bits per heavy atom. The van der Waals surface area contributed by atoms with Gasteiger partial charge in [0.25, 0.3) is 0 Å². The molecule has 0 aliphatic heterocycles. The van der Waals surface area contributed by atoms with E-state index in [1.807, 2.05) is 7.05 Å². The van der Waals surface area contributed by atoms with E-state index in [0.29, 0.717) is 0 Å². The molecule has 2 heteroatoms. The topological polar surface area (TPSA) is 21.6 Å². The van der Waals surface area contributed by atoms with E-state index in [9.17, 15) is 0 Å². The van der Waals surface area contributed by atoms with E-state index in [4.69, 9.17) is 4.74 Å². The fourth-order valence-electron chi connectivity index (χ4n) is 1.66. The Morgan fingerprint density at radius 2 is 2.13 bits per heavy atom. The lowest BCUT2D eigenvalue weighted by Crippen LogP contribution is -2.09. The molecule has 0 aromatic heterocycles. The maximum atomic E-state index is 5.73. The third-order valence-electron chi connectivity index (χ3n) is 2.77. The van der Waals surface area contributed by atoms with E-state index in [1.54, 1.807) is 0 Å². The van der Waals surface area contributed by atoms with Crippen molar-refractivity contribution in [1.82, 2.24) is 0 Å². The van der Waals surface area contributed by atoms with E-state index in [0.717, 1.165) is 31.3 Å². The molecule has 0 N–H and O–H groups in total. The smallest absolute Gasteiger partial charge is 0.211 e. The van der Waals surface area contributed by atoms with Gasteiger partial charge in [-0.25, -0.2) is 0 Å². The Kier molecular flexibility index (Phi) is 5.44. The third-order valence-corrected chi connectivity index (χ3v) is 2.77. The van der Waals surface area contributed by atoms with Crippen LogP contribution in [0.15, 0.2) is 16.6 Å². The van der Waals surface area contributed by atoms with Crippen LogP contribution >= 0.6 is 0 Å². The first kappa shape index (κ1) is 12.3. The average molecular weight is 209 g/mol. The second-order valence-electron chi connectivity index (χ2n) is 4.10. The molecule has 0 bridgehead atoms. The summed E-state index contributed by atoms with van der Waals surface area (Å²) in [7, 11) is 1.81. The van der Waals surface area contributed by atoms with Crippen LogP contribution < -0.4 is 0 Å². The summed E-state index contributed by atoms with van der Waals surface area (Å²) in [5.74, 6) is 1.78. The Labute approximate surface area is 93.4 Å². The number of nitrogens with zero attached hydrogens (tertiary/aromatic N) is 1. The number of allylic oxidation sites excluding steroid dienone is 1. The van der Waals surface area contributed by atoms with Crippen LogP contribution in [0.3, 0.4) is 0 Å². The van der Waals surface area contributed by atoms with Crippen molar-refractivity contribution in [2.24, 2.45) is 10.9 Å². The molecule has 0 aromatic carbocycles. The minimum Gasteiger partial charge on any atom is -0.478 e. The summed E-state index contributed by atoms with van der Waals surface area (Å²) in [4.78, 5) is 4.22. The van der Waals surface area contributed by atoms with Gasteiger partial charge in [0.1, 0.15) is 0 Å². The molecule has 0 unspecified atom stereocenters. The molecule has 0 radical (unpaired) electrons. The predicted octanol–water partition coefficient (Wildman–Crippen LogP) is 3.58. The first-order valence-corrected chi connectivity index (χ1v) is 6.10. The lowest BCUT2D eigenvalue weighted by Gasteiger charge is -2.10. The number of hydrogen-bond donors (Lipinski definition) is 0. The minimum absolute atomic E-state index is 0.832. The Morgan fingerprint density at radius 1 is 1.40 bits per heavy atom. The van der Waals surface area contributed by atoms with Gasteiger partial charge in [0.2, 0.25) is 5.90 Å². The number of hydrogen-bond acceptors (Lipinski definition) is 2. The van der Waals surface area contributed by atoms with E-state index in [2.05, 4.69) is 24.9 Å². The lowest BCUT2D eigenvalue weighted by molar-refractivity contribution is 0.289. The highest BCUT2D eigenvalue weighted by Crippen LogP contribution is 2.32. The molecule has 0 atom stereocenters. The van der Waals surface area contributed by atoms with Crippen molar-refractivity contribution >= 4 is 5.90 Å². The third kappa shape index (κ3) is 4.50. The summed E-state index contributed by atoms with van der Waals surface area (Å²) in [6, 6.07) is 0. The van der Waals surface area contributed by atoms with Crippen LogP contribution in [0.5, 0.6) is 0 Å². The molecule has 1 rings (SSSR count). The fourth-order valence-corrected chi connectivity index (χ4v) is 1.66. The largest absolute Gasteiger partial charge is 0.478 e. The van der Waals surface area contributed by atoms with Gasteiger partial charge in [-0.1, -0.05) is 32.8 Å². The Hall–Kier alpha value is -0.790. The van der Waals surface area contributed by atoms with Gasteiger partial charge in [-0.15, -0.1) is 0 Å². The molecule has 0 spiro atoms. The molecule has 86 valence electrons. The quantitative estimate of drug-likeness (QED) is 0.484. The molecule has 1 saturated carbocycles. The summed E-state index contributed by atoms with van der Waals surface area (Å²) >= 11 is 0. The summed E-state index contributed by atoms with van der Waals surface area (Å²) in [5, 5.41) is 0. The highest BCUT2D eigenvalue weighted by Gasteiger charge is 2.21. The first-order valence-electron chi connectivity index (χ1n) is 6.10. The van der Waals surface area contributed by atoms with Crippen LogP contribution in [0.4, 0.5) is 0 Å². The second-order valence-corrected chi connectivity index (χ2v) is 4.10. The first-order chi connectivity index (χ1) is 7.31. The van der Waals surface area contributed by atoms with Gasteiger partial charge < -0.3 is 4.74 Å². The molecular formula is C13H23NO. The van der Waals surface area contributed by atoms with Crippen molar-refractivity contribution in [3.63, 3.8) is 0 Å². The van der Waals surface area contributed by atoms with E-state index in [1.165, 1.54) is 24.8 Å². The number of ether oxygens (including phenoxy) is 1. The van der Waals surface area contributed by atoms with Crippen LogP contribution in [0.1, 0.15) is 46.0 Å². The monoisotopic (exact) mass is 209 g/mol. The summed E-state index contributed by atoms with van der Waals surface area (Å²) in [6.07, 6.45) is 8.25. The van der Waals surface area contributed by atoms with Crippen molar-refractivity contribution in [1.29, 1.82) is 0 Å². The SMILES string of the molecule is CC/C=C(/CC)C(=NC)OCCC1CC1. The summed E-state index contributed by atoms with van der Waals surface area (Å²) in [6.45, 7) is 5.13. The van der Waals surface area contributed by atoms with Crippen LogP contribution in [-0.4, -0.2) is 19.6 Å². The molecule has 1 aliphatic rings. The summed E-state index contributed by atoms with van der Waals surface area (Å²) in [5.41, 5.74) is 1.25. The number of aliphatic imine (C=N–C) groups is 1. The van der Waals surface area contributed by atoms with Crippen molar-refractivity contribution in [2.45, 2.75) is 46.0 Å². The molecule has 0 amide bonds. The Balaban J connectivity index is 2.35. The van der Waals surface area contributed by atoms with Crippen molar-refractivity contribution in [3.8, 4) is 0 Å².